The average Bonchev–Trinajstić information content (AvgIpc) is 3.26. The lowest BCUT2D eigenvalue weighted by molar-refractivity contribution is -0.115. The molecular weight excluding hydrogens is 454 g/mol. The van der Waals surface area contributed by atoms with Gasteiger partial charge >= 0.3 is 0 Å². The number of fused-ring (bicyclic) bond motifs is 1. The second-order valence-corrected chi connectivity index (χ2v) is 7.90. The highest BCUT2D eigenvalue weighted by atomic mass is 79.9. The highest BCUT2D eigenvalue weighted by Gasteiger charge is 2.18. The topological polar surface area (TPSA) is 104 Å². The summed E-state index contributed by atoms with van der Waals surface area (Å²) in [6.07, 6.45) is 1.30. The molecule has 0 atom stereocenters. The van der Waals surface area contributed by atoms with Crippen LogP contribution in [0, 0.1) is 0 Å². The Morgan fingerprint density at radius 3 is 2.96 bits per heavy atom. The zero-order chi connectivity index (χ0) is 19.0. The van der Waals surface area contributed by atoms with Gasteiger partial charge in [0.2, 0.25) is 5.91 Å². The molecule has 0 aliphatic heterocycles. The largest absolute Gasteiger partial charge is 0.322 e. The second-order valence-electron chi connectivity index (χ2n) is 5.70. The Balaban J connectivity index is 1.60. The predicted octanol–water partition coefficient (Wildman–Crippen LogP) is 3.97. The van der Waals surface area contributed by atoms with Gasteiger partial charge < -0.3 is 10.3 Å². The van der Waals surface area contributed by atoms with E-state index in [2.05, 4.69) is 41.4 Å². The summed E-state index contributed by atoms with van der Waals surface area (Å²) in [5.74, 6) is 0.138. The van der Waals surface area contributed by atoms with Gasteiger partial charge in [-0.15, -0.1) is 11.3 Å². The number of amides is 1. The van der Waals surface area contributed by atoms with E-state index in [1.165, 1.54) is 17.7 Å². The summed E-state index contributed by atoms with van der Waals surface area (Å²) in [5, 5.41) is 12.9. The van der Waals surface area contributed by atoms with Crippen molar-refractivity contribution in [3.05, 3.63) is 61.4 Å². The average molecular weight is 465 g/mol. The Bertz CT molecular complexity index is 1200. The number of carbonyl (C=O) groups is 1. The minimum Gasteiger partial charge on any atom is -0.322 e. The first-order valence-corrected chi connectivity index (χ1v) is 9.80. The van der Waals surface area contributed by atoms with Crippen LogP contribution in [0.5, 0.6) is 0 Å². The minimum atomic E-state index is -0.325. The molecule has 136 valence electrons. The van der Waals surface area contributed by atoms with Crippen molar-refractivity contribution >= 4 is 60.7 Å². The molecule has 0 spiro atoms. The molecule has 0 saturated carbocycles. The van der Waals surface area contributed by atoms with Crippen molar-refractivity contribution in [3.63, 3.8) is 0 Å². The lowest BCUT2D eigenvalue weighted by Crippen LogP contribution is -2.20. The van der Waals surface area contributed by atoms with Crippen molar-refractivity contribution in [2.45, 2.75) is 6.42 Å². The summed E-state index contributed by atoms with van der Waals surface area (Å²) in [5.41, 5.74) is 1.37. The van der Waals surface area contributed by atoms with Crippen molar-refractivity contribution in [1.82, 2.24) is 20.2 Å². The van der Waals surface area contributed by atoms with Gasteiger partial charge in [0.15, 0.2) is 5.82 Å². The van der Waals surface area contributed by atoms with Crippen molar-refractivity contribution in [1.29, 1.82) is 0 Å². The molecular formula is C17H11BrClN5O2S. The number of thiophene rings is 1. The number of nitrogens with one attached hydrogen (secondary N) is 3. The van der Waals surface area contributed by atoms with Crippen LogP contribution in [0.1, 0.15) is 5.56 Å². The molecule has 10 heteroatoms. The Kier molecular flexibility index (Phi) is 4.81. The van der Waals surface area contributed by atoms with Crippen LogP contribution >= 0.6 is 38.9 Å². The molecule has 4 rings (SSSR count). The van der Waals surface area contributed by atoms with E-state index in [1.54, 1.807) is 11.4 Å². The number of H-pyrrole nitrogens is 2. The molecule has 0 fully saturated rings. The van der Waals surface area contributed by atoms with Gasteiger partial charge in [-0.05, 0) is 29.7 Å². The van der Waals surface area contributed by atoms with Gasteiger partial charge in [0.05, 0.1) is 17.0 Å². The van der Waals surface area contributed by atoms with Gasteiger partial charge in [0.1, 0.15) is 11.3 Å². The molecule has 4 aromatic rings. The fraction of sp³-hybridized carbons (Fsp3) is 0.0588. The summed E-state index contributed by atoms with van der Waals surface area (Å²) < 4.78 is 0.891. The second kappa shape index (κ2) is 7.26. The third-order valence-corrected chi connectivity index (χ3v) is 5.70. The zero-order valence-corrected chi connectivity index (χ0v) is 16.7. The van der Waals surface area contributed by atoms with Gasteiger partial charge in [-0.1, -0.05) is 27.5 Å². The molecule has 0 bridgehead atoms. The molecule has 3 aromatic heterocycles. The normalized spacial score (nSPS) is 11.0. The number of rotatable bonds is 4. The number of halogens is 2. The van der Waals surface area contributed by atoms with Crippen LogP contribution in [0.2, 0.25) is 5.02 Å². The van der Waals surface area contributed by atoms with Gasteiger partial charge in [-0.2, -0.15) is 5.10 Å². The number of hydrogen-bond donors (Lipinski definition) is 3. The van der Waals surface area contributed by atoms with Gasteiger partial charge in [-0.3, -0.25) is 14.7 Å². The number of hydrogen-bond acceptors (Lipinski definition) is 5. The lowest BCUT2D eigenvalue weighted by Gasteiger charge is -2.06. The number of carbonyl (C=O) groups excluding carboxylic acids is 1. The Morgan fingerprint density at radius 1 is 1.33 bits per heavy atom. The highest BCUT2D eigenvalue weighted by Crippen LogP contribution is 2.38. The molecule has 0 unspecified atom stereocenters. The standard InChI is InChI=1S/C17H11BrClN5O2S/c18-10-1-2-12-8(4-10)3-9(16(26)22-12)5-13(25)23-17-14(11(19)6-27-17)15-20-7-21-24-15/h1-4,6-7H,5H2,(H,22,26)(H,23,25)(H,20,21,24). The fourth-order valence-corrected chi connectivity index (χ4v) is 4.26. The van der Waals surface area contributed by atoms with Crippen molar-refractivity contribution in [2.75, 3.05) is 5.32 Å². The number of pyridine rings is 1. The van der Waals surface area contributed by atoms with Crippen LogP contribution in [-0.2, 0) is 11.2 Å². The molecule has 3 N–H and O–H groups in total. The molecule has 1 amide bonds. The first-order valence-electron chi connectivity index (χ1n) is 7.75. The summed E-state index contributed by atoms with van der Waals surface area (Å²) in [6, 6.07) is 7.25. The summed E-state index contributed by atoms with van der Waals surface area (Å²) in [7, 11) is 0. The molecule has 0 aliphatic carbocycles. The van der Waals surface area contributed by atoms with E-state index in [-0.39, 0.29) is 17.9 Å². The molecule has 27 heavy (non-hydrogen) atoms. The van der Waals surface area contributed by atoms with Gasteiger partial charge in [-0.25, -0.2) is 4.98 Å². The van der Waals surface area contributed by atoms with E-state index in [4.69, 9.17) is 11.6 Å². The number of nitrogens with zero attached hydrogens (tertiary/aromatic N) is 2. The Labute approximate surface area is 169 Å². The summed E-state index contributed by atoms with van der Waals surface area (Å²) in [4.78, 5) is 31.7. The fourth-order valence-electron chi connectivity index (χ4n) is 2.67. The van der Waals surface area contributed by atoms with Crippen LogP contribution in [0.4, 0.5) is 5.00 Å². The smallest absolute Gasteiger partial charge is 0.252 e. The van der Waals surface area contributed by atoms with E-state index < -0.39 is 0 Å². The molecule has 3 heterocycles. The van der Waals surface area contributed by atoms with Gasteiger partial charge in [0, 0.05) is 20.9 Å². The quantitative estimate of drug-likeness (QED) is 0.425. The van der Waals surface area contributed by atoms with Crippen LogP contribution < -0.4 is 10.9 Å². The van der Waals surface area contributed by atoms with E-state index >= 15 is 0 Å². The van der Waals surface area contributed by atoms with E-state index in [0.29, 0.717) is 32.5 Å². The Morgan fingerprint density at radius 2 is 2.19 bits per heavy atom. The molecule has 0 radical (unpaired) electrons. The van der Waals surface area contributed by atoms with E-state index in [9.17, 15) is 9.59 Å². The van der Waals surface area contributed by atoms with E-state index in [1.807, 2.05) is 18.2 Å². The number of aromatic nitrogens is 4. The number of benzene rings is 1. The predicted molar refractivity (Wildman–Crippen MR) is 109 cm³/mol. The number of anilines is 1. The molecule has 1 aromatic carbocycles. The van der Waals surface area contributed by atoms with Crippen LogP contribution in [0.15, 0.2) is 45.2 Å². The summed E-state index contributed by atoms with van der Waals surface area (Å²) in [6.45, 7) is 0. The van der Waals surface area contributed by atoms with Crippen molar-refractivity contribution in [3.8, 4) is 11.4 Å². The highest BCUT2D eigenvalue weighted by molar-refractivity contribution is 9.10. The van der Waals surface area contributed by atoms with Crippen LogP contribution in [0.25, 0.3) is 22.3 Å². The first-order chi connectivity index (χ1) is 13.0. The Hall–Kier alpha value is -2.49. The maximum atomic E-state index is 12.5. The minimum absolute atomic E-state index is 0.0663. The monoisotopic (exact) mass is 463 g/mol. The number of aromatic amines is 2. The summed E-state index contributed by atoms with van der Waals surface area (Å²) >= 11 is 10.9. The van der Waals surface area contributed by atoms with E-state index in [0.717, 1.165) is 9.86 Å². The van der Waals surface area contributed by atoms with Crippen molar-refractivity contribution in [2.24, 2.45) is 0 Å². The lowest BCUT2D eigenvalue weighted by atomic mass is 10.1. The zero-order valence-electron chi connectivity index (χ0n) is 13.5. The molecule has 0 saturated heterocycles. The molecule has 7 nitrogen and oxygen atoms in total. The third kappa shape index (κ3) is 3.66. The van der Waals surface area contributed by atoms with Crippen LogP contribution in [0.3, 0.4) is 0 Å². The maximum absolute atomic E-state index is 12.5. The SMILES string of the molecule is O=C(Cc1cc2cc(Br)ccc2[nH]c1=O)Nc1scc(Cl)c1-c1ncn[nH]1. The van der Waals surface area contributed by atoms with Gasteiger partial charge in [0.25, 0.3) is 5.56 Å². The first kappa shape index (κ1) is 17.9. The van der Waals surface area contributed by atoms with Crippen LogP contribution in [-0.4, -0.2) is 26.1 Å². The molecule has 0 aliphatic rings. The third-order valence-electron chi connectivity index (χ3n) is 3.89. The maximum Gasteiger partial charge on any atom is 0.252 e. The van der Waals surface area contributed by atoms with Crippen molar-refractivity contribution < 1.29 is 4.79 Å².